The molecule has 0 aliphatic carbocycles. The van der Waals surface area contributed by atoms with Gasteiger partial charge < -0.3 is 19.7 Å². The number of thiazole rings is 1. The Morgan fingerprint density at radius 3 is 2.55 bits per heavy atom. The Bertz CT molecular complexity index is 3270. The summed E-state index contributed by atoms with van der Waals surface area (Å²) in [6.07, 6.45) is 4.18. The van der Waals surface area contributed by atoms with E-state index in [0.29, 0.717) is 77.7 Å². The Balaban J connectivity index is 0.785. The number of hydrogen-bond donors (Lipinski definition) is 3. The summed E-state index contributed by atoms with van der Waals surface area (Å²) in [4.78, 5) is 79.5. The van der Waals surface area contributed by atoms with E-state index < -0.39 is 17.5 Å². The van der Waals surface area contributed by atoms with Crippen LogP contribution >= 0.6 is 11.3 Å². The minimum Gasteiger partial charge on any atom is -0.493 e. The van der Waals surface area contributed by atoms with Crippen molar-refractivity contribution in [3.63, 3.8) is 0 Å². The first-order valence-electron chi connectivity index (χ1n) is 25.0. The summed E-state index contributed by atoms with van der Waals surface area (Å²) in [6.45, 7) is 10.9. The molecule has 3 aromatic heterocycles. The zero-order valence-electron chi connectivity index (χ0n) is 41.7. The second-order valence-corrected chi connectivity index (χ2v) is 21.3. The number of aromatic nitrogens is 4. The van der Waals surface area contributed by atoms with Gasteiger partial charge in [-0.05, 0) is 149 Å². The number of para-hydroxylation sites is 1. The Hall–Kier alpha value is -7.50. The zero-order valence-corrected chi connectivity index (χ0v) is 42.6. The third-order valence-corrected chi connectivity index (χ3v) is 14.8. The molecule has 6 heterocycles. The van der Waals surface area contributed by atoms with Gasteiger partial charge in [0.1, 0.15) is 17.2 Å². The summed E-state index contributed by atoms with van der Waals surface area (Å²) < 4.78 is 15.2. The number of ether oxygens (including phenoxy) is 2. The molecule has 2 fully saturated rings. The molecule has 0 saturated carbocycles. The molecule has 0 spiro atoms. The maximum Gasteiger partial charge on any atom is 0.358 e. The van der Waals surface area contributed by atoms with E-state index in [1.54, 1.807) is 11.7 Å². The maximum atomic E-state index is 14.1. The first kappa shape index (κ1) is 49.1. The second-order valence-electron chi connectivity index (χ2n) is 20.2. The van der Waals surface area contributed by atoms with Crippen LogP contribution in [-0.2, 0) is 39.1 Å². The molecule has 17 heteroatoms. The number of nitrogens with one attached hydrogen (secondary N) is 3. The average molecular weight is 1000 g/mol. The molecular formula is C56H59N9O7S. The summed E-state index contributed by atoms with van der Waals surface area (Å²) in [7, 11) is 1.81. The van der Waals surface area contributed by atoms with Crippen molar-refractivity contribution in [1.82, 2.24) is 30.0 Å². The number of pyridine rings is 1. The number of aryl methyl sites for hydroxylation is 1. The van der Waals surface area contributed by atoms with Crippen LogP contribution in [0, 0.1) is 12.8 Å². The lowest BCUT2D eigenvalue weighted by Crippen LogP contribution is -2.40. The summed E-state index contributed by atoms with van der Waals surface area (Å²) in [6, 6.07) is 28.9. The number of nitrogens with zero attached hydrogens (tertiary/aromatic N) is 6. The van der Waals surface area contributed by atoms with E-state index in [0.717, 1.165) is 75.7 Å². The number of benzene rings is 4. The van der Waals surface area contributed by atoms with E-state index in [9.17, 15) is 24.0 Å². The molecule has 1 unspecified atom stereocenters. The van der Waals surface area contributed by atoms with Gasteiger partial charge in [0.05, 0.1) is 40.5 Å². The molecule has 7 aromatic rings. The van der Waals surface area contributed by atoms with Crippen LogP contribution < -0.4 is 25.6 Å². The lowest BCUT2D eigenvalue weighted by atomic mass is 9.93. The predicted molar refractivity (Wildman–Crippen MR) is 282 cm³/mol. The highest BCUT2D eigenvalue weighted by molar-refractivity contribution is 7.22. The number of fused-ring (bicyclic) bond motifs is 3. The second kappa shape index (κ2) is 20.5. The third-order valence-electron chi connectivity index (χ3n) is 13.9. The van der Waals surface area contributed by atoms with Crippen LogP contribution in [0.15, 0.2) is 91.0 Å². The van der Waals surface area contributed by atoms with Gasteiger partial charge >= 0.3 is 5.97 Å². The Morgan fingerprint density at radius 2 is 1.73 bits per heavy atom. The highest BCUT2D eigenvalue weighted by Gasteiger charge is 2.33. The molecule has 3 N–H and O–H groups in total. The maximum absolute atomic E-state index is 14.1. The summed E-state index contributed by atoms with van der Waals surface area (Å²) in [5.74, 6) is -0.321. The van der Waals surface area contributed by atoms with Gasteiger partial charge in [0.25, 0.3) is 5.91 Å². The van der Waals surface area contributed by atoms with Crippen molar-refractivity contribution in [2.45, 2.75) is 84.3 Å². The first-order chi connectivity index (χ1) is 35.1. The fourth-order valence-electron chi connectivity index (χ4n) is 10.3. The van der Waals surface area contributed by atoms with Gasteiger partial charge in [-0.15, -0.1) is 0 Å². The number of anilines is 3. The van der Waals surface area contributed by atoms with E-state index in [1.807, 2.05) is 113 Å². The number of carbonyl (C=O) groups is 5. The van der Waals surface area contributed by atoms with Crippen LogP contribution in [0.25, 0.3) is 32.2 Å². The third kappa shape index (κ3) is 10.8. The number of piperidine rings is 2. The number of carbonyl (C=O) groups excluding carboxylic acids is 5. The highest BCUT2D eigenvalue weighted by Crippen LogP contribution is 2.37. The van der Waals surface area contributed by atoms with Gasteiger partial charge in [-0.25, -0.2) is 14.8 Å². The molecule has 10 rings (SSSR count). The van der Waals surface area contributed by atoms with Crippen LogP contribution in [0.2, 0.25) is 0 Å². The molecule has 3 aliphatic rings. The number of imide groups is 1. The van der Waals surface area contributed by atoms with Crippen LogP contribution in [0.1, 0.15) is 102 Å². The van der Waals surface area contributed by atoms with Crippen molar-refractivity contribution in [2.75, 3.05) is 48.3 Å². The fourth-order valence-corrected chi connectivity index (χ4v) is 11.2. The Morgan fingerprint density at radius 1 is 0.890 bits per heavy atom. The summed E-state index contributed by atoms with van der Waals surface area (Å²) in [5.41, 5.74) is 7.22. The summed E-state index contributed by atoms with van der Waals surface area (Å²) in [5, 5.41) is 14.5. The molecular weight excluding hydrogens is 943 g/mol. The largest absolute Gasteiger partial charge is 0.493 e. The van der Waals surface area contributed by atoms with Crippen molar-refractivity contribution in [2.24, 2.45) is 13.0 Å². The van der Waals surface area contributed by atoms with Gasteiger partial charge in [-0.1, -0.05) is 47.7 Å². The number of esters is 1. The van der Waals surface area contributed by atoms with Crippen LogP contribution in [0.3, 0.4) is 0 Å². The molecule has 4 aromatic carbocycles. The fraction of sp³-hybridized carbons (Fsp3) is 0.357. The van der Waals surface area contributed by atoms with E-state index >= 15 is 0 Å². The minimum atomic E-state index is -0.762. The van der Waals surface area contributed by atoms with Gasteiger partial charge in [0.2, 0.25) is 17.7 Å². The molecule has 0 radical (unpaired) electrons. The lowest BCUT2D eigenvalue weighted by Gasteiger charge is -2.32. The van der Waals surface area contributed by atoms with E-state index in [2.05, 4.69) is 41.9 Å². The van der Waals surface area contributed by atoms with Crippen LogP contribution in [0.4, 0.5) is 16.6 Å². The van der Waals surface area contributed by atoms with Crippen molar-refractivity contribution >= 4 is 78.7 Å². The van der Waals surface area contributed by atoms with Gasteiger partial charge in [-0.3, -0.25) is 39.4 Å². The SMILES string of the molecule is Cc1c(OCC[C@H]2CCCN(CC(=O)Nc3ccc4c(C5CCC(=O)NC5=O)nn(C)c4c3)C2)cccc1-c1ccc(N2CCc3cccc(C(=O)Nc4nc5ccccc5s4)c3C2)nc1C(=O)OC(C)(C)C. The molecule has 2 saturated heterocycles. The number of rotatable bonds is 13. The van der Waals surface area contributed by atoms with Crippen LogP contribution in [-0.4, -0.2) is 92.6 Å². The molecule has 73 heavy (non-hydrogen) atoms. The summed E-state index contributed by atoms with van der Waals surface area (Å²) >= 11 is 1.44. The van der Waals surface area contributed by atoms with Gasteiger partial charge in [0.15, 0.2) is 10.8 Å². The standard InChI is InChI=1S/C56H59N9O7S/c1-33-37(13-9-16-45(33)71-28-25-34-11-10-26-64(30-34)32-49(67)57-36-18-19-40-44(29-36)63(5)62-50(40)41-21-23-48(66)60-53(41)69)38-20-22-47(59-51(38)54(70)72-56(2,3)4)65-27-24-35-12-8-14-39(42(35)31-65)52(68)61-55-58-43-15-6-7-17-46(43)73-55/h6-9,12-20,22,29,34,41H,10-11,21,23-28,30-32H2,1-5H3,(H,57,67)(H,58,61,68)(H,60,66,69)/t34-,41?/m1/s1. The molecule has 16 nitrogen and oxygen atoms in total. The molecule has 3 aliphatic heterocycles. The minimum absolute atomic E-state index is 0.110. The van der Waals surface area contributed by atoms with Crippen molar-refractivity contribution in [3.05, 3.63) is 125 Å². The van der Waals surface area contributed by atoms with Crippen molar-refractivity contribution in [3.8, 4) is 16.9 Å². The van der Waals surface area contributed by atoms with E-state index in [4.69, 9.17) is 14.5 Å². The number of likely N-dealkylation sites (tertiary alicyclic amines) is 1. The molecule has 2 atom stereocenters. The Kier molecular flexibility index (Phi) is 13.8. The quantitative estimate of drug-likeness (QED) is 0.0736. The predicted octanol–water partition coefficient (Wildman–Crippen LogP) is 8.96. The molecule has 376 valence electrons. The molecule has 0 bridgehead atoms. The van der Waals surface area contributed by atoms with E-state index in [1.165, 1.54) is 11.3 Å². The van der Waals surface area contributed by atoms with Gasteiger partial charge in [-0.2, -0.15) is 5.10 Å². The zero-order chi connectivity index (χ0) is 51.0. The number of hydrogen-bond acceptors (Lipinski definition) is 13. The normalized spacial score (nSPS) is 17.3. The van der Waals surface area contributed by atoms with Crippen molar-refractivity contribution in [1.29, 1.82) is 0 Å². The van der Waals surface area contributed by atoms with Crippen molar-refractivity contribution < 1.29 is 33.4 Å². The average Bonchev–Trinajstić information content (AvgIpc) is 3.92. The van der Waals surface area contributed by atoms with Crippen LogP contribution in [0.5, 0.6) is 5.75 Å². The lowest BCUT2D eigenvalue weighted by molar-refractivity contribution is -0.134. The smallest absolute Gasteiger partial charge is 0.358 e. The molecule has 4 amide bonds. The van der Waals surface area contributed by atoms with E-state index in [-0.39, 0.29) is 42.3 Å². The first-order valence-corrected chi connectivity index (χ1v) is 25.8. The van der Waals surface area contributed by atoms with Gasteiger partial charge in [0, 0.05) is 55.3 Å². The monoisotopic (exact) mass is 1000 g/mol. The topological polar surface area (TPSA) is 190 Å². The highest BCUT2D eigenvalue weighted by atomic mass is 32.1. The Labute approximate surface area is 427 Å². The number of amides is 4.